The first-order valence-electron chi connectivity index (χ1n) is 6.10. The zero-order valence-corrected chi connectivity index (χ0v) is 12.5. The van der Waals surface area contributed by atoms with E-state index in [9.17, 15) is 8.42 Å². The molecule has 0 spiro atoms. The van der Waals surface area contributed by atoms with E-state index in [1.807, 2.05) is 39.4 Å². The van der Waals surface area contributed by atoms with E-state index in [2.05, 4.69) is 10.0 Å². The first-order valence-corrected chi connectivity index (χ1v) is 7.58. The van der Waals surface area contributed by atoms with Crippen LogP contribution in [-0.2, 0) is 23.6 Å². The fourth-order valence-corrected chi connectivity index (χ4v) is 3.02. The average Bonchev–Trinajstić information content (AvgIpc) is 2.61. The molecule has 0 aliphatic carbocycles. The van der Waals surface area contributed by atoms with E-state index in [0.29, 0.717) is 11.4 Å². The van der Waals surface area contributed by atoms with Crippen molar-refractivity contribution in [1.29, 1.82) is 0 Å². The van der Waals surface area contributed by atoms with E-state index >= 15 is 0 Å². The van der Waals surface area contributed by atoms with E-state index in [4.69, 9.17) is 0 Å². The fourth-order valence-electron chi connectivity index (χ4n) is 1.53. The van der Waals surface area contributed by atoms with Gasteiger partial charge in [-0.3, -0.25) is 0 Å². The second kappa shape index (κ2) is 5.86. The third-order valence-corrected chi connectivity index (χ3v) is 4.62. The third-order valence-electron chi connectivity index (χ3n) is 3.09. The Labute approximate surface area is 110 Å². The first-order chi connectivity index (χ1) is 8.27. The van der Waals surface area contributed by atoms with E-state index in [0.717, 1.165) is 5.69 Å². The Hall–Kier alpha value is -0.850. The molecule has 0 radical (unpaired) electrons. The van der Waals surface area contributed by atoms with Crippen LogP contribution < -0.4 is 10.0 Å². The predicted molar refractivity (Wildman–Crippen MR) is 72.8 cm³/mol. The van der Waals surface area contributed by atoms with Crippen LogP contribution in [-0.4, -0.2) is 26.1 Å². The normalized spacial score (nSPS) is 14.1. The summed E-state index contributed by atoms with van der Waals surface area (Å²) in [4.78, 5) is 0.322. The van der Waals surface area contributed by atoms with Crippen molar-refractivity contribution in [3.63, 3.8) is 0 Å². The lowest BCUT2D eigenvalue weighted by Crippen LogP contribution is -2.35. The smallest absolute Gasteiger partial charge is 0.242 e. The summed E-state index contributed by atoms with van der Waals surface area (Å²) in [5.41, 5.74) is 0.940. The summed E-state index contributed by atoms with van der Waals surface area (Å²) in [5, 5.41) is 3.01. The van der Waals surface area contributed by atoms with Crippen LogP contribution in [0.25, 0.3) is 0 Å². The maximum absolute atomic E-state index is 12.2. The van der Waals surface area contributed by atoms with Gasteiger partial charge in [-0.05, 0) is 26.0 Å². The Morgan fingerprint density at radius 3 is 2.44 bits per heavy atom. The van der Waals surface area contributed by atoms with Crippen LogP contribution in [0, 0.1) is 5.92 Å². The molecule has 2 N–H and O–H groups in total. The molecule has 1 aromatic heterocycles. The van der Waals surface area contributed by atoms with Crippen LogP contribution in [0.15, 0.2) is 17.2 Å². The number of hydrogen-bond acceptors (Lipinski definition) is 3. The van der Waals surface area contributed by atoms with Crippen molar-refractivity contribution in [2.75, 3.05) is 7.05 Å². The number of aromatic nitrogens is 1. The number of nitrogens with one attached hydrogen (secondary N) is 2. The summed E-state index contributed by atoms with van der Waals surface area (Å²) in [7, 11) is 0.255. The fraction of sp³-hybridized carbons (Fsp3) is 0.667. The van der Waals surface area contributed by atoms with Gasteiger partial charge >= 0.3 is 0 Å². The van der Waals surface area contributed by atoms with Crippen molar-refractivity contribution < 1.29 is 8.42 Å². The van der Waals surface area contributed by atoms with Crippen LogP contribution in [0.5, 0.6) is 0 Å². The zero-order chi connectivity index (χ0) is 13.9. The van der Waals surface area contributed by atoms with Crippen LogP contribution >= 0.6 is 0 Å². The van der Waals surface area contributed by atoms with Gasteiger partial charge in [0.15, 0.2) is 0 Å². The Morgan fingerprint density at radius 1 is 1.33 bits per heavy atom. The molecular formula is C12H23N3O2S. The van der Waals surface area contributed by atoms with E-state index in [-0.39, 0.29) is 12.0 Å². The Balaban J connectivity index is 2.95. The van der Waals surface area contributed by atoms with Crippen LogP contribution in [0.1, 0.15) is 26.5 Å². The highest BCUT2D eigenvalue weighted by atomic mass is 32.2. The lowest BCUT2D eigenvalue weighted by molar-refractivity contribution is 0.476. The monoisotopic (exact) mass is 273 g/mol. The van der Waals surface area contributed by atoms with Crippen molar-refractivity contribution in [1.82, 2.24) is 14.6 Å². The van der Waals surface area contributed by atoms with Gasteiger partial charge in [0.05, 0.1) is 4.90 Å². The minimum Gasteiger partial charge on any atom is -0.352 e. The molecule has 0 aliphatic heterocycles. The molecule has 18 heavy (non-hydrogen) atoms. The van der Waals surface area contributed by atoms with Gasteiger partial charge in [-0.25, -0.2) is 13.1 Å². The van der Waals surface area contributed by atoms with Crippen LogP contribution in [0.2, 0.25) is 0 Å². The van der Waals surface area contributed by atoms with Gasteiger partial charge in [0.1, 0.15) is 0 Å². The highest BCUT2D eigenvalue weighted by molar-refractivity contribution is 7.89. The molecule has 0 aromatic carbocycles. The standard InChI is InChI=1S/C12H23N3O2S/c1-9(2)10(3)14-18(16,17)12-6-11(7-13-4)15(5)8-12/h6,8-10,13-14H,7H2,1-5H3. The SMILES string of the molecule is CNCc1cc(S(=O)(=O)NC(C)C(C)C)cn1C. The van der Waals surface area contributed by atoms with Crippen LogP contribution in [0.4, 0.5) is 0 Å². The second-order valence-corrected chi connectivity index (χ2v) is 6.68. The molecular weight excluding hydrogens is 250 g/mol. The molecule has 104 valence electrons. The van der Waals surface area contributed by atoms with E-state index < -0.39 is 10.0 Å². The lowest BCUT2D eigenvalue weighted by Gasteiger charge is -2.16. The zero-order valence-electron chi connectivity index (χ0n) is 11.7. The number of aryl methyl sites for hydroxylation is 1. The summed E-state index contributed by atoms with van der Waals surface area (Å²) >= 11 is 0. The molecule has 5 nitrogen and oxygen atoms in total. The summed E-state index contributed by atoms with van der Waals surface area (Å²) in [5.74, 6) is 0.264. The summed E-state index contributed by atoms with van der Waals surface area (Å²) in [6.07, 6.45) is 1.64. The summed E-state index contributed by atoms with van der Waals surface area (Å²) in [6, 6.07) is 1.62. The van der Waals surface area contributed by atoms with Gasteiger partial charge in [-0.2, -0.15) is 0 Å². The molecule has 0 aliphatic rings. The van der Waals surface area contributed by atoms with Gasteiger partial charge in [0, 0.05) is 31.5 Å². The number of nitrogens with zero attached hydrogens (tertiary/aromatic N) is 1. The van der Waals surface area contributed by atoms with Crippen molar-refractivity contribution in [3.8, 4) is 0 Å². The topological polar surface area (TPSA) is 63.1 Å². The third kappa shape index (κ3) is 3.57. The maximum atomic E-state index is 12.2. The lowest BCUT2D eigenvalue weighted by atomic mass is 10.1. The summed E-state index contributed by atoms with van der Waals surface area (Å²) in [6.45, 7) is 6.50. The molecule has 1 unspecified atom stereocenters. The maximum Gasteiger partial charge on any atom is 0.242 e. The van der Waals surface area contributed by atoms with Crippen molar-refractivity contribution in [3.05, 3.63) is 18.0 Å². The van der Waals surface area contributed by atoms with Crippen molar-refractivity contribution in [2.45, 2.75) is 38.3 Å². The largest absolute Gasteiger partial charge is 0.352 e. The van der Waals surface area contributed by atoms with Crippen LogP contribution in [0.3, 0.4) is 0 Å². The first kappa shape index (κ1) is 15.2. The molecule has 0 bridgehead atoms. The van der Waals surface area contributed by atoms with Gasteiger partial charge in [0.2, 0.25) is 10.0 Å². The van der Waals surface area contributed by atoms with Gasteiger partial charge in [-0.15, -0.1) is 0 Å². The molecule has 0 saturated carbocycles. The number of hydrogen-bond donors (Lipinski definition) is 2. The average molecular weight is 273 g/mol. The highest BCUT2D eigenvalue weighted by Gasteiger charge is 2.21. The van der Waals surface area contributed by atoms with E-state index in [1.54, 1.807) is 12.3 Å². The number of rotatable bonds is 6. The minimum atomic E-state index is -3.42. The van der Waals surface area contributed by atoms with E-state index in [1.165, 1.54) is 0 Å². The Kier molecular flexibility index (Phi) is 4.95. The van der Waals surface area contributed by atoms with Gasteiger partial charge in [-0.1, -0.05) is 13.8 Å². The Bertz CT molecular complexity index is 491. The second-order valence-electron chi connectivity index (χ2n) is 4.96. The minimum absolute atomic E-state index is 0.0806. The van der Waals surface area contributed by atoms with Crippen molar-refractivity contribution >= 4 is 10.0 Å². The van der Waals surface area contributed by atoms with Gasteiger partial charge < -0.3 is 9.88 Å². The molecule has 0 amide bonds. The number of sulfonamides is 1. The molecule has 1 heterocycles. The quantitative estimate of drug-likeness (QED) is 0.815. The molecule has 0 fully saturated rings. The summed E-state index contributed by atoms with van der Waals surface area (Å²) < 4.78 is 28.9. The molecule has 1 rings (SSSR count). The van der Waals surface area contributed by atoms with Crippen molar-refractivity contribution in [2.24, 2.45) is 13.0 Å². The highest BCUT2D eigenvalue weighted by Crippen LogP contribution is 2.15. The molecule has 0 saturated heterocycles. The molecule has 1 atom stereocenters. The van der Waals surface area contributed by atoms with Gasteiger partial charge in [0.25, 0.3) is 0 Å². The Morgan fingerprint density at radius 2 is 1.94 bits per heavy atom. The molecule has 6 heteroatoms. The predicted octanol–water partition coefficient (Wildman–Crippen LogP) is 1.07. The molecule has 1 aromatic rings.